The molecular weight excluding hydrogens is 295 g/mol. The Bertz CT molecular complexity index is 399. The standard InChI is InChI=1S/C12H16Cl2N2O.ClH/c1-8(7-15)12(17)16-5-4-9-2-3-10(13)6-11(9)14;/h2-3,6,8H,4-5,7,15H2,1H3,(H,16,17);1H. The molecule has 3 N–H and O–H groups in total. The van der Waals surface area contributed by atoms with Crippen LogP contribution >= 0.6 is 35.6 Å². The number of carbonyl (C=O) groups excluding carboxylic acids is 1. The Morgan fingerprint density at radius 3 is 2.67 bits per heavy atom. The number of nitrogens with one attached hydrogen (secondary N) is 1. The van der Waals surface area contributed by atoms with Crippen molar-refractivity contribution >= 4 is 41.5 Å². The molecule has 0 heterocycles. The van der Waals surface area contributed by atoms with E-state index in [2.05, 4.69) is 5.32 Å². The number of nitrogens with two attached hydrogens (primary N) is 1. The van der Waals surface area contributed by atoms with Crippen LogP contribution in [-0.2, 0) is 11.2 Å². The molecule has 1 amide bonds. The van der Waals surface area contributed by atoms with Gasteiger partial charge in [-0.1, -0.05) is 36.2 Å². The van der Waals surface area contributed by atoms with E-state index in [9.17, 15) is 4.79 Å². The van der Waals surface area contributed by atoms with Crippen LogP contribution in [0, 0.1) is 5.92 Å². The highest BCUT2D eigenvalue weighted by molar-refractivity contribution is 6.35. The predicted molar refractivity (Wildman–Crippen MR) is 78.6 cm³/mol. The third-order valence-electron chi connectivity index (χ3n) is 2.51. The van der Waals surface area contributed by atoms with Gasteiger partial charge in [-0.2, -0.15) is 0 Å². The van der Waals surface area contributed by atoms with Crippen molar-refractivity contribution in [2.75, 3.05) is 13.1 Å². The highest BCUT2D eigenvalue weighted by atomic mass is 35.5. The van der Waals surface area contributed by atoms with Gasteiger partial charge in [0.05, 0.1) is 0 Å². The lowest BCUT2D eigenvalue weighted by atomic mass is 10.1. The van der Waals surface area contributed by atoms with Gasteiger partial charge in [-0.25, -0.2) is 0 Å². The number of halogens is 3. The Morgan fingerprint density at radius 2 is 2.11 bits per heavy atom. The first-order valence-corrected chi connectivity index (χ1v) is 6.22. The van der Waals surface area contributed by atoms with Gasteiger partial charge in [0.15, 0.2) is 0 Å². The minimum absolute atomic E-state index is 0. The van der Waals surface area contributed by atoms with E-state index >= 15 is 0 Å². The molecule has 0 bridgehead atoms. The fraction of sp³-hybridized carbons (Fsp3) is 0.417. The lowest BCUT2D eigenvalue weighted by Crippen LogP contribution is -2.34. The van der Waals surface area contributed by atoms with Crippen LogP contribution in [-0.4, -0.2) is 19.0 Å². The highest BCUT2D eigenvalue weighted by Crippen LogP contribution is 2.20. The summed E-state index contributed by atoms with van der Waals surface area (Å²) in [6.07, 6.45) is 0.680. The zero-order chi connectivity index (χ0) is 12.8. The van der Waals surface area contributed by atoms with E-state index in [0.717, 1.165) is 5.56 Å². The van der Waals surface area contributed by atoms with Crippen LogP contribution in [0.5, 0.6) is 0 Å². The molecule has 0 saturated heterocycles. The van der Waals surface area contributed by atoms with E-state index in [1.54, 1.807) is 19.1 Å². The van der Waals surface area contributed by atoms with E-state index in [1.165, 1.54) is 0 Å². The summed E-state index contributed by atoms with van der Waals surface area (Å²) in [7, 11) is 0. The van der Waals surface area contributed by atoms with Gasteiger partial charge in [0.25, 0.3) is 0 Å². The average Bonchev–Trinajstić information content (AvgIpc) is 2.30. The zero-order valence-corrected chi connectivity index (χ0v) is 12.4. The molecule has 0 saturated carbocycles. The summed E-state index contributed by atoms with van der Waals surface area (Å²) in [4.78, 5) is 11.5. The Labute approximate surface area is 123 Å². The molecule has 1 unspecified atom stereocenters. The predicted octanol–water partition coefficient (Wildman–Crippen LogP) is 2.67. The second-order valence-corrected chi connectivity index (χ2v) is 4.76. The van der Waals surface area contributed by atoms with E-state index in [1.807, 2.05) is 6.07 Å². The molecule has 0 aliphatic rings. The summed E-state index contributed by atoms with van der Waals surface area (Å²) in [6, 6.07) is 5.35. The Morgan fingerprint density at radius 1 is 1.44 bits per heavy atom. The van der Waals surface area contributed by atoms with Crippen LogP contribution in [0.3, 0.4) is 0 Å². The molecule has 1 aromatic carbocycles. The third-order valence-corrected chi connectivity index (χ3v) is 3.10. The van der Waals surface area contributed by atoms with E-state index < -0.39 is 0 Å². The second kappa shape index (κ2) is 8.59. The van der Waals surface area contributed by atoms with Crippen LogP contribution < -0.4 is 11.1 Å². The van der Waals surface area contributed by atoms with Gasteiger partial charge in [0.2, 0.25) is 5.91 Å². The number of benzene rings is 1. The van der Waals surface area contributed by atoms with Crippen LogP contribution in [0.25, 0.3) is 0 Å². The summed E-state index contributed by atoms with van der Waals surface area (Å²) in [6.45, 7) is 2.70. The molecule has 1 rings (SSSR count). The van der Waals surface area contributed by atoms with Crippen molar-refractivity contribution in [2.45, 2.75) is 13.3 Å². The molecule has 0 spiro atoms. The molecule has 3 nitrogen and oxygen atoms in total. The van der Waals surface area contributed by atoms with E-state index in [0.29, 0.717) is 29.6 Å². The normalized spacial score (nSPS) is 11.6. The maximum atomic E-state index is 11.5. The van der Waals surface area contributed by atoms with Crippen molar-refractivity contribution in [3.63, 3.8) is 0 Å². The van der Waals surface area contributed by atoms with Gasteiger partial charge in [0.1, 0.15) is 0 Å². The summed E-state index contributed by atoms with van der Waals surface area (Å²) in [5.41, 5.74) is 6.37. The van der Waals surface area contributed by atoms with Crippen LogP contribution in [0.1, 0.15) is 12.5 Å². The molecular formula is C12H17Cl3N2O. The lowest BCUT2D eigenvalue weighted by molar-refractivity contribution is -0.124. The second-order valence-electron chi connectivity index (χ2n) is 3.91. The van der Waals surface area contributed by atoms with E-state index in [-0.39, 0.29) is 24.2 Å². The topological polar surface area (TPSA) is 55.1 Å². The minimum Gasteiger partial charge on any atom is -0.355 e. The maximum absolute atomic E-state index is 11.5. The molecule has 1 aromatic rings. The largest absolute Gasteiger partial charge is 0.355 e. The summed E-state index contributed by atoms with van der Waals surface area (Å²) < 4.78 is 0. The van der Waals surface area contributed by atoms with E-state index in [4.69, 9.17) is 28.9 Å². The Balaban J connectivity index is 0.00000289. The fourth-order valence-electron chi connectivity index (χ4n) is 1.33. The molecule has 0 aromatic heterocycles. The maximum Gasteiger partial charge on any atom is 0.224 e. The van der Waals surface area contributed by atoms with Gasteiger partial charge >= 0.3 is 0 Å². The number of amides is 1. The number of carbonyl (C=O) groups is 1. The van der Waals surface area contributed by atoms with Crippen LogP contribution in [0.15, 0.2) is 18.2 Å². The SMILES string of the molecule is CC(CN)C(=O)NCCc1ccc(Cl)cc1Cl.Cl. The lowest BCUT2D eigenvalue weighted by Gasteiger charge is -2.10. The van der Waals surface area contributed by atoms with Gasteiger partial charge < -0.3 is 11.1 Å². The summed E-state index contributed by atoms with van der Waals surface area (Å²) >= 11 is 11.8. The third kappa shape index (κ3) is 5.44. The van der Waals surface area contributed by atoms with Crippen molar-refractivity contribution in [3.8, 4) is 0 Å². The van der Waals surface area contributed by atoms with Crippen LogP contribution in [0.2, 0.25) is 10.0 Å². The molecule has 0 fully saturated rings. The minimum atomic E-state index is -0.157. The molecule has 18 heavy (non-hydrogen) atoms. The smallest absolute Gasteiger partial charge is 0.224 e. The number of rotatable bonds is 5. The number of hydrogen-bond acceptors (Lipinski definition) is 2. The first kappa shape index (κ1) is 17.5. The number of hydrogen-bond donors (Lipinski definition) is 2. The van der Waals surface area contributed by atoms with Gasteiger partial charge in [-0.05, 0) is 24.1 Å². The highest BCUT2D eigenvalue weighted by Gasteiger charge is 2.09. The Hall–Kier alpha value is -0.480. The molecule has 102 valence electrons. The van der Waals surface area contributed by atoms with Crippen LogP contribution in [0.4, 0.5) is 0 Å². The van der Waals surface area contributed by atoms with Crippen molar-refractivity contribution in [1.82, 2.24) is 5.32 Å². The van der Waals surface area contributed by atoms with Gasteiger partial charge in [-0.15, -0.1) is 12.4 Å². The average molecular weight is 312 g/mol. The summed E-state index contributed by atoms with van der Waals surface area (Å²) in [5, 5.41) is 4.05. The first-order chi connectivity index (χ1) is 8.04. The molecule has 1 atom stereocenters. The molecule has 0 radical (unpaired) electrons. The van der Waals surface area contributed by atoms with Gasteiger partial charge in [-0.3, -0.25) is 4.79 Å². The quantitative estimate of drug-likeness (QED) is 0.878. The Kier molecular flexibility index (Phi) is 8.36. The molecule has 0 aliphatic carbocycles. The first-order valence-electron chi connectivity index (χ1n) is 5.46. The van der Waals surface area contributed by atoms with Crippen molar-refractivity contribution in [3.05, 3.63) is 33.8 Å². The van der Waals surface area contributed by atoms with Gasteiger partial charge in [0, 0.05) is 29.1 Å². The fourth-order valence-corrected chi connectivity index (χ4v) is 1.83. The van der Waals surface area contributed by atoms with Crippen molar-refractivity contribution in [2.24, 2.45) is 11.7 Å². The van der Waals surface area contributed by atoms with Crippen molar-refractivity contribution in [1.29, 1.82) is 0 Å². The zero-order valence-electron chi connectivity index (χ0n) is 10.1. The van der Waals surface area contributed by atoms with Crippen molar-refractivity contribution < 1.29 is 4.79 Å². The monoisotopic (exact) mass is 310 g/mol. The molecule has 6 heteroatoms. The molecule has 0 aliphatic heterocycles. The summed E-state index contributed by atoms with van der Waals surface area (Å²) in [5.74, 6) is -0.187.